The van der Waals surface area contributed by atoms with Gasteiger partial charge in [-0.1, -0.05) is 30.3 Å². The van der Waals surface area contributed by atoms with Crippen molar-refractivity contribution in [3.05, 3.63) is 60.7 Å². The number of H-pyrrole nitrogens is 1. The summed E-state index contributed by atoms with van der Waals surface area (Å²) in [7, 11) is 0. The Balaban J connectivity index is 1.79. The molecular formula is C18H11NO2. The third-order valence-electron chi connectivity index (χ3n) is 3.86. The van der Waals surface area contributed by atoms with Crippen LogP contribution in [0.3, 0.4) is 0 Å². The maximum absolute atomic E-state index is 5.96. The molecule has 21 heavy (non-hydrogen) atoms. The second-order valence-electron chi connectivity index (χ2n) is 5.17. The minimum absolute atomic E-state index is 0.743. The first-order chi connectivity index (χ1) is 10.4. The lowest BCUT2D eigenvalue weighted by Crippen LogP contribution is -1.98. The Bertz CT molecular complexity index is 1000. The highest BCUT2D eigenvalue weighted by Gasteiger charge is 2.20. The van der Waals surface area contributed by atoms with Crippen LogP contribution in [-0.4, -0.2) is 4.98 Å². The van der Waals surface area contributed by atoms with Gasteiger partial charge in [0.1, 0.15) is 0 Å². The van der Waals surface area contributed by atoms with Gasteiger partial charge in [-0.2, -0.15) is 0 Å². The van der Waals surface area contributed by atoms with Crippen LogP contribution in [0.1, 0.15) is 0 Å². The lowest BCUT2D eigenvalue weighted by atomic mass is 10.1. The Morgan fingerprint density at radius 1 is 0.571 bits per heavy atom. The van der Waals surface area contributed by atoms with Crippen LogP contribution in [0.5, 0.6) is 23.0 Å². The molecule has 1 aliphatic heterocycles. The van der Waals surface area contributed by atoms with Gasteiger partial charge in [-0.3, -0.25) is 0 Å². The molecule has 2 heterocycles. The van der Waals surface area contributed by atoms with Gasteiger partial charge in [-0.05, 0) is 24.3 Å². The van der Waals surface area contributed by atoms with E-state index < -0.39 is 0 Å². The van der Waals surface area contributed by atoms with E-state index in [9.17, 15) is 0 Å². The van der Waals surface area contributed by atoms with Crippen LogP contribution >= 0.6 is 0 Å². The molecule has 0 fully saturated rings. The molecule has 0 radical (unpaired) electrons. The molecule has 0 bridgehead atoms. The van der Waals surface area contributed by atoms with Crippen LogP contribution in [0.15, 0.2) is 60.7 Å². The Kier molecular flexibility index (Phi) is 1.95. The highest BCUT2D eigenvalue weighted by molar-refractivity contribution is 6.08. The number of para-hydroxylation sites is 3. The Morgan fingerprint density at radius 2 is 1.24 bits per heavy atom. The molecule has 0 amide bonds. The summed E-state index contributed by atoms with van der Waals surface area (Å²) in [5.74, 6) is 3.00. The second kappa shape index (κ2) is 3.79. The molecule has 1 aliphatic rings. The largest absolute Gasteiger partial charge is 0.449 e. The number of hydrogen-bond donors (Lipinski definition) is 1. The molecule has 100 valence electrons. The van der Waals surface area contributed by atoms with E-state index in [0.29, 0.717) is 0 Å². The summed E-state index contributed by atoms with van der Waals surface area (Å²) in [6, 6.07) is 20.0. The SMILES string of the molecule is c1ccc2c(c1)Oc1cc3[nH]c4ccccc4c3cc1O2. The van der Waals surface area contributed by atoms with Crippen molar-refractivity contribution in [3.63, 3.8) is 0 Å². The summed E-state index contributed by atoms with van der Waals surface area (Å²) in [5, 5.41) is 2.34. The minimum atomic E-state index is 0.743. The molecule has 0 spiro atoms. The van der Waals surface area contributed by atoms with E-state index in [-0.39, 0.29) is 0 Å². The molecule has 0 atom stereocenters. The standard InChI is InChI=1S/C18H11NO2/c1-2-6-13-11(5-1)12-9-17-18(10-14(12)19-13)21-16-8-4-3-7-15(16)20-17/h1-10,19H. The van der Waals surface area contributed by atoms with Crippen molar-refractivity contribution >= 4 is 21.8 Å². The number of benzene rings is 3. The second-order valence-corrected chi connectivity index (χ2v) is 5.17. The van der Waals surface area contributed by atoms with Gasteiger partial charge in [0.15, 0.2) is 23.0 Å². The summed E-state index contributed by atoms with van der Waals surface area (Å²) >= 11 is 0. The topological polar surface area (TPSA) is 34.2 Å². The molecule has 3 aromatic carbocycles. The number of aromatic nitrogens is 1. The predicted molar refractivity (Wildman–Crippen MR) is 82.4 cm³/mol. The first kappa shape index (κ1) is 10.8. The molecule has 3 nitrogen and oxygen atoms in total. The van der Waals surface area contributed by atoms with Crippen molar-refractivity contribution in [1.82, 2.24) is 4.98 Å². The fraction of sp³-hybridized carbons (Fsp3) is 0. The number of hydrogen-bond acceptors (Lipinski definition) is 2. The maximum atomic E-state index is 5.96. The third kappa shape index (κ3) is 1.48. The number of aromatic amines is 1. The van der Waals surface area contributed by atoms with E-state index in [0.717, 1.165) is 39.4 Å². The first-order valence-corrected chi connectivity index (χ1v) is 6.88. The molecular weight excluding hydrogens is 262 g/mol. The van der Waals surface area contributed by atoms with E-state index in [2.05, 4.69) is 17.1 Å². The molecule has 1 aromatic heterocycles. The van der Waals surface area contributed by atoms with Crippen molar-refractivity contribution in [1.29, 1.82) is 0 Å². The Morgan fingerprint density at radius 3 is 2.05 bits per heavy atom. The lowest BCUT2D eigenvalue weighted by Gasteiger charge is -2.20. The average molecular weight is 273 g/mol. The predicted octanol–water partition coefficient (Wildman–Crippen LogP) is 5.22. The van der Waals surface area contributed by atoms with Crippen LogP contribution in [0.4, 0.5) is 0 Å². The maximum Gasteiger partial charge on any atom is 0.172 e. The Hall–Kier alpha value is -2.94. The van der Waals surface area contributed by atoms with E-state index >= 15 is 0 Å². The molecule has 0 unspecified atom stereocenters. The van der Waals surface area contributed by atoms with Crippen LogP contribution in [0, 0.1) is 0 Å². The molecule has 0 aliphatic carbocycles. The summed E-state index contributed by atoms with van der Waals surface area (Å²) in [5.41, 5.74) is 2.17. The zero-order chi connectivity index (χ0) is 13.8. The molecule has 4 aromatic rings. The molecule has 0 saturated carbocycles. The van der Waals surface area contributed by atoms with Gasteiger partial charge in [0.2, 0.25) is 0 Å². The molecule has 0 saturated heterocycles. The van der Waals surface area contributed by atoms with Gasteiger partial charge in [0.25, 0.3) is 0 Å². The van der Waals surface area contributed by atoms with Crippen LogP contribution in [-0.2, 0) is 0 Å². The van der Waals surface area contributed by atoms with Gasteiger partial charge in [0.05, 0.1) is 5.52 Å². The number of rotatable bonds is 0. The van der Waals surface area contributed by atoms with Crippen molar-refractivity contribution in [2.45, 2.75) is 0 Å². The smallest absolute Gasteiger partial charge is 0.172 e. The fourth-order valence-corrected chi connectivity index (χ4v) is 2.87. The van der Waals surface area contributed by atoms with Gasteiger partial charge in [-0.25, -0.2) is 0 Å². The van der Waals surface area contributed by atoms with Crippen molar-refractivity contribution in [3.8, 4) is 23.0 Å². The zero-order valence-electron chi connectivity index (χ0n) is 11.1. The lowest BCUT2D eigenvalue weighted by molar-refractivity contribution is 0.360. The van der Waals surface area contributed by atoms with E-state index in [4.69, 9.17) is 9.47 Å². The van der Waals surface area contributed by atoms with Crippen molar-refractivity contribution in [2.75, 3.05) is 0 Å². The highest BCUT2D eigenvalue weighted by atomic mass is 16.6. The first-order valence-electron chi connectivity index (χ1n) is 6.88. The van der Waals surface area contributed by atoms with E-state index in [1.54, 1.807) is 0 Å². The van der Waals surface area contributed by atoms with E-state index in [1.165, 1.54) is 5.39 Å². The minimum Gasteiger partial charge on any atom is -0.449 e. The third-order valence-corrected chi connectivity index (χ3v) is 3.86. The van der Waals surface area contributed by atoms with Crippen LogP contribution < -0.4 is 9.47 Å². The van der Waals surface area contributed by atoms with Gasteiger partial charge < -0.3 is 14.5 Å². The fourth-order valence-electron chi connectivity index (χ4n) is 2.87. The molecule has 5 rings (SSSR count). The summed E-state index contributed by atoms with van der Waals surface area (Å²) < 4.78 is 11.9. The number of ether oxygens (including phenoxy) is 2. The van der Waals surface area contributed by atoms with Crippen LogP contribution in [0.25, 0.3) is 21.8 Å². The highest BCUT2D eigenvalue weighted by Crippen LogP contribution is 2.47. The summed E-state index contributed by atoms with van der Waals surface area (Å²) in [4.78, 5) is 3.42. The van der Waals surface area contributed by atoms with Crippen LogP contribution in [0.2, 0.25) is 0 Å². The van der Waals surface area contributed by atoms with Crippen molar-refractivity contribution in [2.24, 2.45) is 0 Å². The monoisotopic (exact) mass is 273 g/mol. The van der Waals surface area contributed by atoms with Gasteiger partial charge >= 0.3 is 0 Å². The van der Waals surface area contributed by atoms with Crippen molar-refractivity contribution < 1.29 is 9.47 Å². The normalized spacial score (nSPS) is 12.6. The molecule has 1 N–H and O–H groups in total. The summed E-state index contributed by atoms with van der Waals surface area (Å²) in [6.45, 7) is 0. The molecule has 3 heteroatoms. The number of fused-ring (bicyclic) bond motifs is 5. The van der Waals surface area contributed by atoms with Gasteiger partial charge in [0, 0.05) is 22.4 Å². The summed E-state index contributed by atoms with van der Waals surface area (Å²) in [6.07, 6.45) is 0. The zero-order valence-corrected chi connectivity index (χ0v) is 11.1. The van der Waals surface area contributed by atoms with E-state index in [1.807, 2.05) is 48.5 Å². The van der Waals surface area contributed by atoms with Gasteiger partial charge in [-0.15, -0.1) is 0 Å². The number of nitrogens with one attached hydrogen (secondary N) is 1. The Labute approximate surface area is 120 Å². The average Bonchev–Trinajstić information content (AvgIpc) is 2.88. The quantitative estimate of drug-likeness (QED) is 0.420.